The first-order chi connectivity index (χ1) is 6.97. The van der Waals surface area contributed by atoms with Gasteiger partial charge in [-0.2, -0.15) is 0 Å². The van der Waals surface area contributed by atoms with Gasteiger partial charge in [0.05, 0.1) is 0 Å². The van der Waals surface area contributed by atoms with Crippen LogP contribution >= 0.6 is 0 Å². The standard InChI is InChI=1S/C13H18N2/c1-13(2,14)8-10-9-15(3)12-7-5-4-6-11(10)12/h4-7,9H,8,14H2,1-3H3. The third-order valence-electron chi connectivity index (χ3n) is 2.63. The molecule has 80 valence electrons. The number of rotatable bonds is 2. The maximum absolute atomic E-state index is 6.06. The van der Waals surface area contributed by atoms with E-state index in [1.165, 1.54) is 16.5 Å². The van der Waals surface area contributed by atoms with E-state index in [9.17, 15) is 0 Å². The van der Waals surface area contributed by atoms with E-state index in [2.05, 4.69) is 55.9 Å². The van der Waals surface area contributed by atoms with Gasteiger partial charge in [0.25, 0.3) is 0 Å². The minimum absolute atomic E-state index is 0.149. The van der Waals surface area contributed by atoms with Gasteiger partial charge in [-0.1, -0.05) is 18.2 Å². The quantitative estimate of drug-likeness (QED) is 0.796. The average molecular weight is 202 g/mol. The normalized spacial score (nSPS) is 12.3. The molecule has 0 radical (unpaired) electrons. The van der Waals surface area contributed by atoms with Crippen LogP contribution in [0.5, 0.6) is 0 Å². The molecule has 0 saturated heterocycles. The molecule has 0 amide bonds. The molecule has 0 unspecified atom stereocenters. The van der Waals surface area contributed by atoms with Crippen molar-refractivity contribution < 1.29 is 0 Å². The Labute approximate surface area is 90.7 Å². The van der Waals surface area contributed by atoms with Gasteiger partial charge in [-0.25, -0.2) is 0 Å². The van der Waals surface area contributed by atoms with Crippen molar-refractivity contribution in [3.8, 4) is 0 Å². The smallest absolute Gasteiger partial charge is 0.0480 e. The molecule has 1 heterocycles. The molecule has 15 heavy (non-hydrogen) atoms. The molecular formula is C13H18N2. The second-order valence-electron chi connectivity index (χ2n) is 4.95. The topological polar surface area (TPSA) is 30.9 Å². The maximum Gasteiger partial charge on any atom is 0.0480 e. The van der Waals surface area contributed by atoms with Gasteiger partial charge in [-0.3, -0.25) is 0 Å². The first-order valence-corrected chi connectivity index (χ1v) is 5.29. The average Bonchev–Trinajstić information content (AvgIpc) is 2.42. The molecule has 0 aliphatic carbocycles. The van der Waals surface area contributed by atoms with Crippen LogP contribution in [0.2, 0.25) is 0 Å². The van der Waals surface area contributed by atoms with Crippen LogP contribution in [0.15, 0.2) is 30.5 Å². The van der Waals surface area contributed by atoms with E-state index in [4.69, 9.17) is 5.73 Å². The zero-order valence-electron chi connectivity index (χ0n) is 9.62. The minimum Gasteiger partial charge on any atom is -0.350 e. The Morgan fingerprint density at radius 2 is 1.93 bits per heavy atom. The Kier molecular flexibility index (Phi) is 2.31. The second kappa shape index (κ2) is 3.38. The first-order valence-electron chi connectivity index (χ1n) is 5.29. The van der Waals surface area contributed by atoms with Crippen LogP contribution < -0.4 is 5.73 Å². The van der Waals surface area contributed by atoms with Gasteiger partial charge in [-0.05, 0) is 31.9 Å². The number of para-hydroxylation sites is 1. The van der Waals surface area contributed by atoms with Crippen LogP contribution in [0.25, 0.3) is 10.9 Å². The molecule has 0 aliphatic heterocycles. The van der Waals surface area contributed by atoms with Crippen molar-refractivity contribution in [3.05, 3.63) is 36.0 Å². The zero-order chi connectivity index (χ0) is 11.1. The van der Waals surface area contributed by atoms with Crippen LogP contribution in [-0.4, -0.2) is 10.1 Å². The van der Waals surface area contributed by atoms with Crippen molar-refractivity contribution in [1.29, 1.82) is 0 Å². The van der Waals surface area contributed by atoms with Gasteiger partial charge in [0.2, 0.25) is 0 Å². The highest BCUT2D eigenvalue weighted by Crippen LogP contribution is 2.23. The van der Waals surface area contributed by atoms with Crippen LogP contribution in [0.3, 0.4) is 0 Å². The van der Waals surface area contributed by atoms with E-state index in [1.54, 1.807) is 0 Å². The van der Waals surface area contributed by atoms with Gasteiger partial charge in [0, 0.05) is 29.7 Å². The molecule has 0 aliphatic rings. The summed E-state index contributed by atoms with van der Waals surface area (Å²) in [6.45, 7) is 4.13. The van der Waals surface area contributed by atoms with Crippen molar-refractivity contribution in [2.24, 2.45) is 12.8 Å². The van der Waals surface area contributed by atoms with Crippen molar-refractivity contribution >= 4 is 10.9 Å². The first kappa shape index (κ1) is 10.2. The Hall–Kier alpha value is -1.28. The number of hydrogen-bond acceptors (Lipinski definition) is 1. The Bertz CT molecular complexity index is 475. The molecule has 2 heteroatoms. The lowest BCUT2D eigenvalue weighted by molar-refractivity contribution is 0.518. The van der Waals surface area contributed by atoms with Crippen molar-refractivity contribution in [1.82, 2.24) is 4.57 Å². The number of benzene rings is 1. The number of aromatic nitrogens is 1. The molecule has 2 aromatic rings. The number of nitrogens with zero attached hydrogens (tertiary/aromatic N) is 1. The fourth-order valence-electron chi connectivity index (χ4n) is 2.06. The summed E-state index contributed by atoms with van der Waals surface area (Å²) in [5.74, 6) is 0. The van der Waals surface area contributed by atoms with Gasteiger partial charge in [-0.15, -0.1) is 0 Å². The summed E-state index contributed by atoms with van der Waals surface area (Å²) >= 11 is 0. The van der Waals surface area contributed by atoms with Crippen molar-refractivity contribution in [2.75, 3.05) is 0 Å². The molecular weight excluding hydrogens is 184 g/mol. The number of hydrogen-bond donors (Lipinski definition) is 1. The maximum atomic E-state index is 6.06. The molecule has 2 nitrogen and oxygen atoms in total. The molecule has 0 spiro atoms. The fourth-order valence-corrected chi connectivity index (χ4v) is 2.06. The summed E-state index contributed by atoms with van der Waals surface area (Å²) in [4.78, 5) is 0. The molecule has 1 aromatic carbocycles. The molecule has 0 fully saturated rings. The minimum atomic E-state index is -0.149. The van der Waals surface area contributed by atoms with E-state index < -0.39 is 0 Å². The van der Waals surface area contributed by atoms with Gasteiger partial charge < -0.3 is 10.3 Å². The lowest BCUT2D eigenvalue weighted by Gasteiger charge is -2.17. The van der Waals surface area contributed by atoms with Gasteiger partial charge >= 0.3 is 0 Å². The molecule has 1 aromatic heterocycles. The second-order valence-corrected chi connectivity index (χ2v) is 4.95. The van der Waals surface area contributed by atoms with Crippen molar-refractivity contribution in [2.45, 2.75) is 25.8 Å². The SMILES string of the molecule is Cn1cc(CC(C)(C)N)c2ccccc21. The summed E-state index contributed by atoms with van der Waals surface area (Å²) in [6.07, 6.45) is 3.09. The fraction of sp³-hybridized carbons (Fsp3) is 0.385. The Morgan fingerprint density at radius 3 is 2.60 bits per heavy atom. The predicted molar refractivity (Wildman–Crippen MR) is 64.9 cm³/mol. The molecule has 0 atom stereocenters. The van der Waals surface area contributed by atoms with E-state index in [-0.39, 0.29) is 5.54 Å². The molecule has 0 bridgehead atoms. The Balaban J connectivity index is 2.53. The summed E-state index contributed by atoms with van der Waals surface area (Å²) in [7, 11) is 2.08. The highest BCUT2D eigenvalue weighted by molar-refractivity contribution is 5.83. The monoisotopic (exact) mass is 202 g/mol. The largest absolute Gasteiger partial charge is 0.350 e. The predicted octanol–water partition coefficient (Wildman–Crippen LogP) is 2.46. The van der Waals surface area contributed by atoms with Crippen LogP contribution in [0.1, 0.15) is 19.4 Å². The Morgan fingerprint density at radius 1 is 1.27 bits per heavy atom. The molecule has 2 rings (SSSR count). The van der Waals surface area contributed by atoms with Crippen molar-refractivity contribution in [3.63, 3.8) is 0 Å². The van der Waals surface area contributed by atoms with E-state index in [1.807, 2.05) is 0 Å². The van der Waals surface area contributed by atoms with E-state index in [0.717, 1.165) is 6.42 Å². The van der Waals surface area contributed by atoms with Crippen LogP contribution in [0, 0.1) is 0 Å². The summed E-state index contributed by atoms with van der Waals surface area (Å²) in [5.41, 5.74) is 8.52. The third-order valence-corrected chi connectivity index (χ3v) is 2.63. The number of nitrogens with two attached hydrogens (primary N) is 1. The lowest BCUT2D eigenvalue weighted by atomic mass is 9.96. The van der Waals surface area contributed by atoms with E-state index in [0.29, 0.717) is 0 Å². The highest BCUT2D eigenvalue weighted by Gasteiger charge is 2.15. The van der Waals surface area contributed by atoms with Crippen LogP contribution in [-0.2, 0) is 13.5 Å². The lowest BCUT2D eigenvalue weighted by Crippen LogP contribution is -2.34. The van der Waals surface area contributed by atoms with E-state index >= 15 is 0 Å². The zero-order valence-corrected chi connectivity index (χ0v) is 9.62. The highest BCUT2D eigenvalue weighted by atomic mass is 14.9. The van der Waals surface area contributed by atoms with Gasteiger partial charge in [0.1, 0.15) is 0 Å². The van der Waals surface area contributed by atoms with Gasteiger partial charge in [0.15, 0.2) is 0 Å². The third kappa shape index (κ3) is 2.05. The summed E-state index contributed by atoms with van der Waals surface area (Å²) in [5, 5.41) is 1.32. The molecule has 2 N–H and O–H groups in total. The van der Waals surface area contributed by atoms with Crippen LogP contribution in [0.4, 0.5) is 0 Å². The number of fused-ring (bicyclic) bond motifs is 1. The summed E-state index contributed by atoms with van der Waals surface area (Å²) < 4.78 is 2.16. The molecule has 0 saturated carbocycles. The summed E-state index contributed by atoms with van der Waals surface area (Å²) in [6, 6.07) is 8.45. The number of aryl methyl sites for hydroxylation is 1.